The molecule has 6 atom stereocenters. The van der Waals surface area contributed by atoms with Gasteiger partial charge in [0.25, 0.3) is 0 Å². The van der Waals surface area contributed by atoms with Gasteiger partial charge in [-0.15, -0.1) is 0 Å². The van der Waals surface area contributed by atoms with Crippen LogP contribution >= 0.6 is 0 Å². The number of esters is 1. The van der Waals surface area contributed by atoms with E-state index in [1.54, 1.807) is 0 Å². The molecule has 3 saturated carbocycles. The Hall–Kier alpha value is -1.06. The fraction of sp³-hybridized carbons (Fsp3) is 0.895. The highest BCUT2D eigenvalue weighted by atomic mass is 16.6. The molecule has 1 N–H and O–H groups in total. The van der Waals surface area contributed by atoms with Crippen LogP contribution in [0, 0.1) is 34.5 Å². The summed E-state index contributed by atoms with van der Waals surface area (Å²) >= 11 is 0. The first-order valence-electron chi connectivity index (χ1n) is 9.12. The maximum Gasteiger partial charge on any atom is 0.307 e. The molecular formula is C19H28O4. The molecule has 0 radical (unpaired) electrons. The van der Waals surface area contributed by atoms with Gasteiger partial charge in [0, 0.05) is 11.8 Å². The van der Waals surface area contributed by atoms with E-state index < -0.39 is 17.5 Å². The first-order chi connectivity index (χ1) is 10.7. The van der Waals surface area contributed by atoms with Crippen molar-refractivity contribution in [2.45, 2.75) is 71.3 Å². The van der Waals surface area contributed by atoms with Crippen molar-refractivity contribution >= 4 is 11.9 Å². The summed E-state index contributed by atoms with van der Waals surface area (Å²) in [5, 5.41) is 9.69. The van der Waals surface area contributed by atoms with Crippen molar-refractivity contribution in [1.82, 2.24) is 0 Å². The second-order valence-electron chi connectivity index (χ2n) is 9.65. The van der Waals surface area contributed by atoms with Crippen LogP contribution in [-0.4, -0.2) is 22.6 Å². The molecule has 0 aromatic heterocycles. The van der Waals surface area contributed by atoms with Gasteiger partial charge in [-0.2, -0.15) is 0 Å². The molecule has 4 rings (SSSR count). The van der Waals surface area contributed by atoms with Crippen LogP contribution in [0.5, 0.6) is 0 Å². The first-order valence-corrected chi connectivity index (χ1v) is 9.12. The van der Waals surface area contributed by atoms with Crippen molar-refractivity contribution in [2.75, 3.05) is 0 Å². The zero-order chi connectivity index (χ0) is 16.6. The molecule has 4 unspecified atom stereocenters. The van der Waals surface area contributed by atoms with Crippen molar-refractivity contribution in [3.05, 3.63) is 0 Å². The monoisotopic (exact) mass is 320 g/mol. The molecule has 4 aliphatic rings. The molecule has 1 spiro atoms. The largest absolute Gasteiger partial charge is 0.481 e. The molecule has 0 aromatic carbocycles. The lowest BCUT2D eigenvalue weighted by Gasteiger charge is -2.63. The van der Waals surface area contributed by atoms with Gasteiger partial charge in [-0.3, -0.25) is 9.59 Å². The molecule has 128 valence electrons. The number of ether oxygens (including phenoxy) is 1. The van der Waals surface area contributed by atoms with Crippen molar-refractivity contribution in [3.63, 3.8) is 0 Å². The summed E-state index contributed by atoms with van der Waals surface area (Å²) in [5.41, 5.74) is -0.0208. The molecule has 0 aromatic rings. The summed E-state index contributed by atoms with van der Waals surface area (Å²) in [6.45, 7) is 6.95. The van der Waals surface area contributed by atoms with E-state index in [9.17, 15) is 14.7 Å². The summed E-state index contributed by atoms with van der Waals surface area (Å²) in [4.78, 5) is 24.1. The van der Waals surface area contributed by atoms with Crippen LogP contribution in [0.4, 0.5) is 0 Å². The maximum atomic E-state index is 12.3. The van der Waals surface area contributed by atoms with Crippen molar-refractivity contribution in [3.8, 4) is 0 Å². The Bertz CT molecular complexity index is 568. The number of hydrogen-bond donors (Lipinski definition) is 1. The van der Waals surface area contributed by atoms with Gasteiger partial charge in [-0.05, 0) is 55.3 Å². The maximum absolute atomic E-state index is 12.3. The number of carbonyl (C=O) groups excluding carboxylic acids is 1. The number of hydrogen-bond acceptors (Lipinski definition) is 3. The molecule has 1 saturated heterocycles. The third-order valence-corrected chi connectivity index (χ3v) is 7.80. The molecule has 23 heavy (non-hydrogen) atoms. The van der Waals surface area contributed by atoms with Gasteiger partial charge in [0.05, 0.1) is 12.3 Å². The number of carboxylic acid groups (broad SMARTS) is 1. The average Bonchev–Trinajstić information content (AvgIpc) is 2.49. The molecule has 1 heterocycles. The van der Waals surface area contributed by atoms with Crippen LogP contribution < -0.4 is 0 Å². The minimum atomic E-state index is -0.811. The van der Waals surface area contributed by atoms with Crippen molar-refractivity contribution in [2.24, 2.45) is 34.5 Å². The zero-order valence-electron chi connectivity index (χ0n) is 14.4. The lowest BCUT2D eigenvalue weighted by atomic mass is 9.46. The molecule has 4 heteroatoms. The van der Waals surface area contributed by atoms with E-state index >= 15 is 0 Å². The van der Waals surface area contributed by atoms with Gasteiger partial charge in [0.15, 0.2) is 0 Å². The molecule has 1 aliphatic heterocycles. The van der Waals surface area contributed by atoms with Crippen LogP contribution in [0.3, 0.4) is 0 Å². The number of aliphatic carboxylic acids is 1. The number of carbonyl (C=O) groups is 2. The summed E-state index contributed by atoms with van der Waals surface area (Å²) in [5.74, 6) is -0.728. The fourth-order valence-corrected chi connectivity index (χ4v) is 6.67. The van der Waals surface area contributed by atoms with Gasteiger partial charge in [0.2, 0.25) is 0 Å². The van der Waals surface area contributed by atoms with E-state index in [1.807, 2.05) is 0 Å². The van der Waals surface area contributed by atoms with Crippen LogP contribution in [-0.2, 0) is 14.3 Å². The molecular weight excluding hydrogens is 292 g/mol. The average molecular weight is 320 g/mol. The summed E-state index contributed by atoms with van der Waals surface area (Å²) in [6.07, 6.45) is 6.32. The van der Waals surface area contributed by atoms with Crippen molar-refractivity contribution < 1.29 is 19.4 Å². The Labute approximate surface area is 138 Å². The van der Waals surface area contributed by atoms with E-state index in [0.717, 1.165) is 25.7 Å². The number of rotatable bonds is 1. The predicted molar refractivity (Wildman–Crippen MR) is 84.6 cm³/mol. The topological polar surface area (TPSA) is 63.6 Å². The van der Waals surface area contributed by atoms with E-state index in [0.29, 0.717) is 17.3 Å². The highest BCUT2D eigenvalue weighted by Gasteiger charge is 2.68. The molecule has 4 fully saturated rings. The van der Waals surface area contributed by atoms with E-state index in [2.05, 4.69) is 20.8 Å². The Kier molecular flexibility index (Phi) is 3.04. The Morgan fingerprint density at radius 2 is 1.78 bits per heavy atom. The lowest BCUT2D eigenvalue weighted by Crippen LogP contribution is -2.65. The normalized spacial score (nSPS) is 50.7. The summed E-state index contributed by atoms with van der Waals surface area (Å²) in [6, 6.07) is 0. The van der Waals surface area contributed by atoms with Crippen LogP contribution in [0.25, 0.3) is 0 Å². The van der Waals surface area contributed by atoms with Gasteiger partial charge in [-0.25, -0.2) is 0 Å². The SMILES string of the molecule is CC1(C)CC2C1CC[C@]1(C)CCC3C(C(=O)O)CC(=O)O[C@@]32C1. The lowest BCUT2D eigenvalue weighted by molar-refractivity contribution is -0.242. The molecule has 4 nitrogen and oxygen atoms in total. The second-order valence-corrected chi connectivity index (χ2v) is 9.65. The quantitative estimate of drug-likeness (QED) is 0.749. The van der Waals surface area contributed by atoms with E-state index in [4.69, 9.17) is 4.74 Å². The van der Waals surface area contributed by atoms with Gasteiger partial charge in [0.1, 0.15) is 5.60 Å². The fourth-order valence-electron chi connectivity index (χ4n) is 6.67. The second kappa shape index (κ2) is 4.52. The standard InChI is InChI=1S/C19H28O4/c1-17(2)9-14-13(17)5-7-18(3)6-4-12-11(16(21)22)8-15(20)23-19(12,14)10-18/h11-14H,4-10H2,1-3H3,(H,21,22)/t11?,12?,13?,14?,18-,19-/m0/s1. The highest BCUT2D eigenvalue weighted by Crippen LogP contribution is 2.68. The third kappa shape index (κ3) is 2.02. The van der Waals surface area contributed by atoms with Crippen LogP contribution in [0.1, 0.15) is 65.7 Å². The number of carboxylic acids is 1. The van der Waals surface area contributed by atoms with Crippen molar-refractivity contribution in [1.29, 1.82) is 0 Å². The molecule has 2 bridgehead atoms. The van der Waals surface area contributed by atoms with Gasteiger partial charge >= 0.3 is 11.9 Å². The minimum absolute atomic E-state index is 0.00692. The Morgan fingerprint density at radius 1 is 1.13 bits per heavy atom. The summed E-state index contributed by atoms with van der Waals surface area (Å²) < 4.78 is 6.10. The van der Waals surface area contributed by atoms with Gasteiger partial charge in [-0.1, -0.05) is 20.8 Å². The van der Waals surface area contributed by atoms with E-state index in [-0.39, 0.29) is 23.7 Å². The van der Waals surface area contributed by atoms with Crippen LogP contribution in [0.15, 0.2) is 0 Å². The zero-order valence-corrected chi connectivity index (χ0v) is 14.4. The molecule has 0 amide bonds. The van der Waals surface area contributed by atoms with Crippen LogP contribution in [0.2, 0.25) is 0 Å². The predicted octanol–water partition coefficient (Wildman–Crippen LogP) is 3.64. The minimum Gasteiger partial charge on any atom is -0.481 e. The number of fused-ring (bicyclic) bond motifs is 2. The molecule has 3 aliphatic carbocycles. The third-order valence-electron chi connectivity index (χ3n) is 7.80. The first kappa shape index (κ1) is 15.5. The van der Waals surface area contributed by atoms with E-state index in [1.165, 1.54) is 12.8 Å². The Morgan fingerprint density at radius 3 is 2.39 bits per heavy atom. The smallest absolute Gasteiger partial charge is 0.307 e. The highest BCUT2D eigenvalue weighted by molar-refractivity contribution is 5.81. The summed E-state index contributed by atoms with van der Waals surface area (Å²) in [7, 11) is 0. The van der Waals surface area contributed by atoms with Gasteiger partial charge < -0.3 is 9.84 Å². The Balaban J connectivity index is 1.80.